The summed E-state index contributed by atoms with van der Waals surface area (Å²) in [6.45, 7) is 5.39. The number of hydrogen-bond acceptors (Lipinski definition) is 7. The van der Waals surface area contributed by atoms with Crippen molar-refractivity contribution in [2.75, 3.05) is 31.1 Å². The summed E-state index contributed by atoms with van der Waals surface area (Å²) >= 11 is 7.56. The van der Waals surface area contributed by atoms with Crippen LogP contribution in [0.25, 0.3) is 10.2 Å². The van der Waals surface area contributed by atoms with Crippen LogP contribution in [0.2, 0.25) is 5.15 Å². The summed E-state index contributed by atoms with van der Waals surface area (Å²) in [6, 6.07) is 5.30. The Morgan fingerprint density at radius 1 is 1.26 bits per heavy atom. The third-order valence-corrected chi connectivity index (χ3v) is 8.19. The first kappa shape index (κ1) is 23.1. The van der Waals surface area contributed by atoms with Crippen LogP contribution in [0.15, 0.2) is 18.2 Å². The fraction of sp³-hybridized carbons (Fsp3) is 0.478. The van der Waals surface area contributed by atoms with Crippen LogP contribution in [0.3, 0.4) is 0 Å². The van der Waals surface area contributed by atoms with E-state index in [9.17, 15) is 14.7 Å². The average molecular weight is 503 g/mol. The Kier molecular flexibility index (Phi) is 6.46. The average Bonchev–Trinajstić information content (AvgIpc) is 3.58. The molecule has 2 atom stereocenters. The number of aromatic nitrogens is 3. The lowest BCUT2D eigenvalue weighted by Gasteiger charge is -2.43. The number of fused-ring (bicyclic) bond motifs is 1. The highest BCUT2D eigenvalue weighted by atomic mass is 35.5. The van der Waals surface area contributed by atoms with Crippen LogP contribution in [-0.2, 0) is 6.42 Å². The number of nitrogens with zero attached hydrogens (tertiary/aromatic N) is 4. The number of thiazole rings is 1. The van der Waals surface area contributed by atoms with Gasteiger partial charge in [0.25, 0.3) is 5.91 Å². The minimum atomic E-state index is -0.943. The van der Waals surface area contributed by atoms with Crippen molar-refractivity contribution in [2.45, 2.75) is 44.7 Å². The van der Waals surface area contributed by atoms with Gasteiger partial charge in [-0.05, 0) is 50.9 Å². The van der Waals surface area contributed by atoms with Crippen molar-refractivity contribution in [1.82, 2.24) is 25.2 Å². The molecule has 0 saturated carbocycles. The Hall–Kier alpha value is -2.69. The Morgan fingerprint density at radius 2 is 2.06 bits per heavy atom. The van der Waals surface area contributed by atoms with Gasteiger partial charge in [0, 0.05) is 25.2 Å². The molecule has 0 unspecified atom stereocenters. The number of carboxylic acids is 1. The minimum absolute atomic E-state index is 0.0280. The standard InChI is InChI=1S/C23H27ClN6O3S/c1-2-14-19(24)28-20(25-14)21(31)26-15-8-11-30(12-17(15)29-9-3-4-10-29)23-27-16-7-5-6-13(22(32)33)18(16)34-23/h5-7,15,17H,2-4,8-12H2,1H3,(H,25,28)(H,26,31)(H,32,33)/t15-,17+/m0/s1. The molecule has 9 nitrogen and oxygen atoms in total. The molecule has 4 heterocycles. The second-order valence-electron chi connectivity index (χ2n) is 8.79. The van der Waals surface area contributed by atoms with Gasteiger partial charge in [-0.15, -0.1) is 0 Å². The highest BCUT2D eigenvalue weighted by Crippen LogP contribution is 2.34. The summed E-state index contributed by atoms with van der Waals surface area (Å²) in [5, 5.41) is 13.9. The van der Waals surface area contributed by atoms with Crippen molar-refractivity contribution in [3.05, 3.63) is 40.4 Å². The predicted octanol–water partition coefficient (Wildman–Crippen LogP) is 3.41. The number of aromatic carboxylic acids is 1. The van der Waals surface area contributed by atoms with Crippen LogP contribution < -0.4 is 10.2 Å². The van der Waals surface area contributed by atoms with Gasteiger partial charge in [-0.2, -0.15) is 0 Å². The molecule has 2 aromatic heterocycles. The molecule has 34 heavy (non-hydrogen) atoms. The SMILES string of the molecule is CCc1[nH]c(C(=O)N[C@H]2CCN(c3nc4cccc(C(=O)O)c4s3)C[C@H]2N2CCCC2)nc1Cl. The van der Waals surface area contributed by atoms with E-state index < -0.39 is 5.97 Å². The molecule has 2 fully saturated rings. The summed E-state index contributed by atoms with van der Waals surface area (Å²) in [4.78, 5) is 41.2. The van der Waals surface area contributed by atoms with Crippen molar-refractivity contribution in [2.24, 2.45) is 0 Å². The maximum absolute atomic E-state index is 13.0. The maximum atomic E-state index is 13.0. The number of hydrogen-bond donors (Lipinski definition) is 3. The fourth-order valence-electron chi connectivity index (χ4n) is 4.92. The number of aromatic amines is 1. The van der Waals surface area contributed by atoms with E-state index in [0.717, 1.165) is 49.7 Å². The first-order valence-electron chi connectivity index (χ1n) is 11.6. The van der Waals surface area contributed by atoms with Gasteiger partial charge in [0.2, 0.25) is 0 Å². The number of anilines is 1. The van der Waals surface area contributed by atoms with Crippen molar-refractivity contribution >= 4 is 50.2 Å². The summed E-state index contributed by atoms with van der Waals surface area (Å²) in [7, 11) is 0. The largest absolute Gasteiger partial charge is 0.478 e. The zero-order chi connectivity index (χ0) is 23.8. The number of aryl methyl sites for hydroxylation is 1. The van der Waals surface area contributed by atoms with Gasteiger partial charge in [-0.25, -0.2) is 14.8 Å². The number of H-pyrrole nitrogens is 1. The number of nitrogens with one attached hydrogen (secondary N) is 2. The van der Waals surface area contributed by atoms with Crippen LogP contribution in [0.5, 0.6) is 0 Å². The molecule has 0 radical (unpaired) electrons. The molecular formula is C23H27ClN6O3S. The van der Waals surface area contributed by atoms with E-state index in [4.69, 9.17) is 16.6 Å². The van der Waals surface area contributed by atoms with E-state index in [2.05, 4.69) is 25.1 Å². The zero-order valence-electron chi connectivity index (χ0n) is 18.9. The van der Waals surface area contributed by atoms with Crippen molar-refractivity contribution in [1.29, 1.82) is 0 Å². The smallest absolute Gasteiger partial charge is 0.337 e. The molecular weight excluding hydrogens is 476 g/mol. The van der Waals surface area contributed by atoms with Crippen LogP contribution >= 0.6 is 22.9 Å². The molecule has 180 valence electrons. The van der Waals surface area contributed by atoms with Crippen LogP contribution in [0, 0.1) is 0 Å². The number of carbonyl (C=O) groups is 2. The molecule has 2 aliphatic rings. The Balaban J connectivity index is 1.37. The number of imidazole rings is 1. The lowest BCUT2D eigenvalue weighted by molar-refractivity contribution is 0.0698. The number of amides is 1. The Morgan fingerprint density at radius 3 is 2.76 bits per heavy atom. The first-order valence-corrected chi connectivity index (χ1v) is 12.8. The summed E-state index contributed by atoms with van der Waals surface area (Å²) in [5.74, 6) is -0.936. The Bertz CT molecular complexity index is 1220. The molecule has 0 spiro atoms. The second-order valence-corrected chi connectivity index (χ2v) is 10.1. The number of rotatable bonds is 6. The van der Waals surface area contributed by atoms with Gasteiger partial charge >= 0.3 is 5.97 Å². The topological polar surface area (TPSA) is 114 Å². The maximum Gasteiger partial charge on any atom is 0.337 e. The zero-order valence-corrected chi connectivity index (χ0v) is 20.5. The molecule has 1 amide bonds. The molecule has 0 aliphatic carbocycles. The lowest BCUT2D eigenvalue weighted by Crippen LogP contribution is -2.60. The van der Waals surface area contributed by atoms with Gasteiger partial charge in [0.1, 0.15) is 0 Å². The molecule has 5 rings (SSSR count). The van der Waals surface area contributed by atoms with Crippen LogP contribution in [0.1, 0.15) is 52.9 Å². The molecule has 3 N–H and O–H groups in total. The highest BCUT2D eigenvalue weighted by molar-refractivity contribution is 7.22. The minimum Gasteiger partial charge on any atom is -0.478 e. The highest BCUT2D eigenvalue weighted by Gasteiger charge is 2.37. The van der Waals surface area contributed by atoms with Crippen molar-refractivity contribution in [3.63, 3.8) is 0 Å². The number of carboxylic acid groups (broad SMARTS) is 1. The number of benzene rings is 1. The van der Waals surface area contributed by atoms with Gasteiger partial charge in [-0.3, -0.25) is 9.69 Å². The normalized spacial score (nSPS) is 21.3. The van der Waals surface area contributed by atoms with E-state index >= 15 is 0 Å². The van der Waals surface area contributed by atoms with Crippen LogP contribution in [0.4, 0.5) is 5.13 Å². The van der Waals surface area contributed by atoms with E-state index in [0.29, 0.717) is 28.3 Å². The van der Waals surface area contributed by atoms with E-state index in [-0.39, 0.29) is 29.4 Å². The quantitative estimate of drug-likeness (QED) is 0.473. The van der Waals surface area contributed by atoms with Gasteiger partial charge in [-0.1, -0.05) is 35.9 Å². The van der Waals surface area contributed by atoms with E-state index in [1.165, 1.54) is 11.3 Å². The molecule has 3 aromatic rings. The van der Waals surface area contributed by atoms with E-state index in [1.807, 2.05) is 13.0 Å². The number of carbonyl (C=O) groups excluding carboxylic acids is 1. The van der Waals surface area contributed by atoms with Gasteiger partial charge < -0.3 is 20.3 Å². The van der Waals surface area contributed by atoms with Gasteiger partial charge in [0.05, 0.1) is 21.5 Å². The number of likely N-dealkylation sites (tertiary alicyclic amines) is 1. The van der Waals surface area contributed by atoms with Crippen molar-refractivity contribution in [3.8, 4) is 0 Å². The molecule has 11 heteroatoms. The predicted molar refractivity (Wildman–Crippen MR) is 132 cm³/mol. The fourth-order valence-corrected chi connectivity index (χ4v) is 6.29. The summed E-state index contributed by atoms with van der Waals surface area (Å²) in [6.07, 6.45) is 3.73. The summed E-state index contributed by atoms with van der Waals surface area (Å²) in [5.41, 5.74) is 1.74. The molecule has 2 saturated heterocycles. The van der Waals surface area contributed by atoms with E-state index in [1.54, 1.807) is 12.1 Å². The van der Waals surface area contributed by atoms with Crippen LogP contribution in [-0.4, -0.2) is 75.1 Å². The number of halogens is 1. The number of piperidine rings is 1. The molecule has 2 aliphatic heterocycles. The van der Waals surface area contributed by atoms with Crippen molar-refractivity contribution < 1.29 is 14.7 Å². The third kappa shape index (κ3) is 4.37. The third-order valence-electron chi connectivity index (χ3n) is 6.71. The monoisotopic (exact) mass is 502 g/mol. The Labute approximate surface area is 206 Å². The first-order chi connectivity index (χ1) is 16.4. The second kappa shape index (κ2) is 9.52. The molecule has 0 bridgehead atoms. The molecule has 1 aromatic carbocycles. The van der Waals surface area contributed by atoms with Gasteiger partial charge in [0.15, 0.2) is 16.1 Å². The lowest BCUT2D eigenvalue weighted by atomic mass is 9.98. The summed E-state index contributed by atoms with van der Waals surface area (Å²) < 4.78 is 0.694.